The third-order valence-electron chi connectivity index (χ3n) is 10.1. The Morgan fingerprint density at radius 2 is 0.600 bits per heavy atom. The van der Waals surface area contributed by atoms with Crippen molar-refractivity contribution in [1.29, 1.82) is 0 Å². The molecule has 4 aromatic carbocycles. The number of aliphatic imine (C=N–C) groups is 4. The third kappa shape index (κ3) is 6.58. The molecule has 5 heterocycles. The fourth-order valence-electron chi connectivity index (χ4n) is 7.67. The molecule has 7 aromatic rings. The van der Waals surface area contributed by atoms with Gasteiger partial charge in [-0.15, -0.1) is 0 Å². The van der Waals surface area contributed by atoms with E-state index in [1.807, 2.05) is 97.1 Å². The zero-order valence-corrected chi connectivity index (χ0v) is 31.2. The van der Waals surface area contributed by atoms with E-state index in [1.165, 1.54) is 0 Å². The number of benzene rings is 4. The summed E-state index contributed by atoms with van der Waals surface area (Å²) < 4.78 is 0. The standard InChI is InChI=1S/C48H26N8O4/c57-25-49-33-13-5-1-9-29(33)45-37-17-19-39(53-37)46(30-10-2-6-14-34(30)50-26-58)41-21-23-43(55-41)48(32-12-4-8-16-36(32)52-28-60)44-24-22-42(56-44)47(40-20-18-38(45)54-40)31-11-3-7-15-35(31)51-27-59/h1-24,53-54H. The summed E-state index contributed by atoms with van der Waals surface area (Å²) >= 11 is 0. The zero-order valence-electron chi connectivity index (χ0n) is 31.2. The lowest BCUT2D eigenvalue weighted by Gasteiger charge is -2.09. The second-order valence-corrected chi connectivity index (χ2v) is 13.4. The van der Waals surface area contributed by atoms with Crippen molar-refractivity contribution in [2.75, 3.05) is 0 Å². The molecule has 12 heteroatoms. The number of rotatable bonds is 8. The second-order valence-electron chi connectivity index (χ2n) is 13.4. The molecule has 2 aliphatic heterocycles. The van der Waals surface area contributed by atoms with E-state index in [-0.39, 0.29) is 0 Å². The fourth-order valence-corrected chi connectivity index (χ4v) is 7.67. The summed E-state index contributed by atoms with van der Waals surface area (Å²) in [6.07, 6.45) is 14.2. The van der Waals surface area contributed by atoms with E-state index in [0.29, 0.717) is 112 Å². The van der Waals surface area contributed by atoms with Crippen LogP contribution in [0.25, 0.3) is 90.9 Å². The van der Waals surface area contributed by atoms with E-state index in [4.69, 9.17) is 9.97 Å². The number of nitrogens with one attached hydrogen (secondary N) is 2. The van der Waals surface area contributed by atoms with Gasteiger partial charge in [0.2, 0.25) is 24.3 Å². The number of H-pyrrole nitrogens is 2. The van der Waals surface area contributed by atoms with Crippen molar-refractivity contribution in [2.45, 2.75) is 0 Å². The quantitative estimate of drug-likeness (QED) is 0.115. The molecular weight excluding hydrogens is 753 g/mol. The number of aromatic nitrogens is 4. The van der Waals surface area contributed by atoms with Gasteiger partial charge < -0.3 is 9.97 Å². The van der Waals surface area contributed by atoms with Gasteiger partial charge in [0.05, 0.1) is 45.5 Å². The van der Waals surface area contributed by atoms with Crippen LogP contribution in [0, 0.1) is 0 Å². The number of aromatic amines is 2. The van der Waals surface area contributed by atoms with Crippen LogP contribution in [-0.2, 0) is 19.2 Å². The second kappa shape index (κ2) is 15.9. The molecule has 2 aliphatic rings. The third-order valence-corrected chi connectivity index (χ3v) is 10.1. The number of para-hydroxylation sites is 4. The van der Waals surface area contributed by atoms with E-state index >= 15 is 0 Å². The molecule has 60 heavy (non-hydrogen) atoms. The van der Waals surface area contributed by atoms with Crippen LogP contribution < -0.4 is 0 Å². The lowest BCUT2D eigenvalue weighted by atomic mass is 10.0. The largest absolute Gasteiger partial charge is 0.354 e. The number of nitrogens with zero attached hydrogens (tertiary/aromatic N) is 6. The molecule has 3 aromatic heterocycles. The van der Waals surface area contributed by atoms with Crippen LogP contribution in [0.5, 0.6) is 0 Å². The van der Waals surface area contributed by atoms with Gasteiger partial charge >= 0.3 is 0 Å². The lowest BCUT2D eigenvalue weighted by Crippen LogP contribution is -1.92. The number of hydrogen-bond donors (Lipinski definition) is 2. The van der Waals surface area contributed by atoms with Crippen LogP contribution in [0.15, 0.2) is 141 Å². The van der Waals surface area contributed by atoms with Gasteiger partial charge in [0.15, 0.2) is 0 Å². The highest BCUT2D eigenvalue weighted by Crippen LogP contribution is 2.43. The summed E-state index contributed by atoms with van der Waals surface area (Å²) in [6, 6.07) is 36.4. The summed E-state index contributed by atoms with van der Waals surface area (Å²) in [7, 11) is 0. The van der Waals surface area contributed by atoms with Crippen molar-refractivity contribution in [2.24, 2.45) is 20.0 Å². The molecular formula is C48H26N8O4. The monoisotopic (exact) mass is 778 g/mol. The van der Waals surface area contributed by atoms with Crippen LogP contribution in [-0.4, -0.2) is 44.3 Å². The van der Waals surface area contributed by atoms with Crippen molar-refractivity contribution in [1.82, 2.24) is 19.9 Å². The summed E-state index contributed by atoms with van der Waals surface area (Å²) in [6.45, 7) is 0. The number of hydrogen-bond acceptors (Lipinski definition) is 10. The highest BCUT2D eigenvalue weighted by molar-refractivity contribution is 6.03. The highest BCUT2D eigenvalue weighted by Gasteiger charge is 2.22. The van der Waals surface area contributed by atoms with Crippen LogP contribution in [0.3, 0.4) is 0 Å². The van der Waals surface area contributed by atoms with Gasteiger partial charge in [0, 0.05) is 66.6 Å². The van der Waals surface area contributed by atoms with Crippen LogP contribution in [0.2, 0.25) is 0 Å². The SMILES string of the molecule is O=C=Nc1ccccc1-c1c2nc(c(-c3ccccc3N=C=O)c3ccc([nH]3)c(-c3ccccc3N=C=O)c3ccc([nH]3)c(-c3ccccc3N=C=O)c3nc1C=C3)C=C2. The molecule has 0 saturated heterocycles. The Labute approximate surface area is 340 Å². The van der Waals surface area contributed by atoms with Crippen molar-refractivity contribution < 1.29 is 19.2 Å². The molecule has 2 N–H and O–H groups in total. The molecule has 9 rings (SSSR count). The summed E-state index contributed by atoms with van der Waals surface area (Å²) in [5.41, 5.74) is 11.0. The molecule has 8 bridgehead atoms. The maximum Gasteiger partial charge on any atom is 0.240 e. The Bertz CT molecular complexity index is 3210. The molecule has 0 amide bonds. The minimum Gasteiger partial charge on any atom is -0.354 e. The summed E-state index contributed by atoms with van der Waals surface area (Å²) in [5, 5.41) is 0. The number of fused-ring (bicyclic) bond motifs is 8. The Morgan fingerprint density at radius 1 is 0.333 bits per heavy atom. The number of carbonyl (C=O) groups excluding carboxylic acids is 4. The molecule has 12 nitrogen and oxygen atoms in total. The van der Waals surface area contributed by atoms with Gasteiger partial charge in [-0.25, -0.2) is 29.1 Å². The maximum absolute atomic E-state index is 11.7. The minimum absolute atomic E-state index is 0.362. The van der Waals surface area contributed by atoms with Gasteiger partial charge in [-0.05, 0) is 72.8 Å². The molecule has 282 valence electrons. The van der Waals surface area contributed by atoms with Crippen LogP contribution in [0.1, 0.15) is 22.8 Å². The van der Waals surface area contributed by atoms with Gasteiger partial charge in [-0.1, -0.05) is 72.8 Å². The topological polar surface area (TPSA) is 175 Å². The highest BCUT2D eigenvalue weighted by atomic mass is 16.1. The molecule has 0 atom stereocenters. The van der Waals surface area contributed by atoms with E-state index in [1.54, 1.807) is 72.9 Å². The summed E-state index contributed by atoms with van der Waals surface area (Å²) in [5.74, 6) is 0. The Morgan fingerprint density at radius 3 is 0.933 bits per heavy atom. The molecule has 0 radical (unpaired) electrons. The van der Waals surface area contributed by atoms with E-state index in [2.05, 4.69) is 29.9 Å². The van der Waals surface area contributed by atoms with Gasteiger partial charge in [0.25, 0.3) is 0 Å². The Kier molecular flexibility index (Phi) is 9.68. The smallest absolute Gasteiger partial charge is 0.240 e. The first-order chi connectivity index (χ1) is 29.6. The first-order valence-electron chi connectivity index (χ1n) is 18.5. The predicted molar refractivity (Wildman–Crippen MR) is 232 cm³/mol. The average Bonchev–Trinajstić information content (AvgIpc) is 4.12. The van der Waals surface area contributed by atoms with Gasteiger partial charge in [0.1, 0.15) is 0 Å². The van der Waals surface area contributed by atoms with E-state index < -0.39 is 0 Å². The fraction of sp³-hybridized carbons (Fsp3) is 0. The average molecular weight is 779 g/mol. The lowest BCUT2D eigenvalue weighted by molar-refractivity contribution is 0.564. The summed E-state index contributed by atoms with van der Waals surface area (Å²) in [4.78, 5) is 80.7. The van der Waals surface area contributed by atoms with Crippen molar-refractivity contribution in [3.8, 4) is 44.5 Å². The maximum atomic E-state index is 11.7. The van der Waals surface area contributed by atoms with Gasteiger partial charge in [-0.2, -0.15) is 20.0 Å². The van der Waals surface area contributed by atoms with E-state index in [0.717, 1.165) is 0 Å². The predicted octanol–water partition coefficient (Wildman–Crippen LogP) is 11.2. The molecule has 0 saturated carbocycles. The van der Waals surface area contributed by atoms with Gasteiger partial charge in [-0.3, -0.25) is 0 Å². The number of isocyanates is 4. The molecule has 0 fully saturated rings. The van der Waals surface area contributed by atoms with Crippen molar-refractivity contribution >= 4 is 93.4 Å². The zero-order chi connectivity index (χ0) is 41.0. The molecule has 0 unspecified atom stereocenters. The first kappa shape index (κ1) is 36.6. The Balaban J connectivity index is 1.53. The van der Waals surface area contributed by atoms with Crippen LogP contribution >= 0.6 is 0 Å². The van der Waals surface area contributed by atoms with E-state index in [9.17, 15) is 19.2 Å². The Hall–Kier alpha value is -9.00. The first-order valence-corrected chi connectivity index (χ1v) is 18.5. The molecule has 0 spiro atoms. The molecule has 0 aliphatic carbocycles. The van der Waals surface area contributed by atoms with Crippen molar-refractivity contribution in [3.05, 3.63) is 144 Å². The van der Waals surface area contributed by atoms with Crippen molar-refractivity contribution in [3.63, 3.8) is 0 Å². The van der Waals surface area contributed by atoms with Crippen LogP contribution in [0.4, 0.5) is 22.7 Å². The normalized spacial score (nSPS) is 11.2. The minimum atomic E-state index is 0.362.